The Morgan fingerprint density at radius 1 is 1.47 bits per heavy atom. The Labute approximate surface area is 101 Å². The molecule has 0 spiro atoms. The van der Waals surface area contributed by atoms with E-state index in [0.717, 1.165) is 29.3 Å². The highest BCUT2D eigenvalue weighted by atomic mass is 79.9. The number of rotatable bonds is 2. The van der Waals surface area contributed by atoms with E-state index in [9.17, 15) is 4.79 Å². The van der Waals surface area contributed by atoms with Gasteiger partial charge in [-0.1, -0.05) is 33.6 Å². The molecule has 0 atom stereocenters. The summed E-state index contributed by atoms with van der Waals surface area (Å²) in [5, 5.41) is 0.656. The van der Waals surface area contributed by atoms with E-state index in [0.29, 0.717) is 5.02 Å². The number of nitrogens with zero attached hydrogens (tertiary/aromatic N) is 1. The molecular weight excluding hydrogens is 277 g/mol. The Bertz CT molecular complexity index is 436. The van der Waals surface area contributed by atoms with Crippen molar-refractivity contribution >= 4 is 33.6 Å². The summed E-state index contributed by atoms with van der Waals surface area (Å²) in [6.07, 6.45) is 4.49. The average Bonchev–Trinajstić information content (AvgIpc) is 2.12. The van der Waals surface area contributed by atoms with Crippen LogP contribution in [-0.4, -0.2) is 6.08 Å². The standard InChI is InChI=1S/C11H9BrClNO/c12-8-2-3-9(10(13)6-8)11(14-7-15)4-1-5-11/h2-3,6H,1,4-5H2. The van der Waals surface area contributed by atoms with Crippen LogP contribution in [0.1, 0.15) is 24.8 Å². The van der Waals surface area contributed by atoms with Crippen LogP contribution < -0.4 is 0 Å². The second-order valence-corrected chi connectivity index (χ2v) is 5.04. The predicted octanol–water partition coefficient (Wildman–Crippen LogP) is 3.82. The first-order valence-electron chi connectivity index (χ1n) is 4.72. The van der Waals surface area contributed by atoms with Gasteiger partial charge in [0.1, 0.15) is 0 Å². The highest BCUT2D eigenvalue weighted by Crippen LogP contribution is 2.47. The molecule has 0 aliphatic heterocycles. The third kappa shape index (κ3) is 1.87. The van der Waals surface area contributed by atoms with Gasteiger partial charge in [0.25, 0.3) is 0 Å². The van der Waals surface area contributed by atoms with E-state index in [1.807, 2.05) is 18.2 Å². The Balaban J connectivity index is 2.47. The Hall–Kier alpha value is -0.630. The van der Waals surface area contributed by atoms with Gasteiger partial charge in [-0.2, -0.15) is 4.99 Å². The van der Waals surface area contributed by atoms with Crippen LogP contribution in [0.25, 0.3) is 0 Å². The molecule has 1 saturated carbocycles. The molecule has 1 fully saturated rings. The molecule has 0 bridgehead atoms. The van der Waals surface area contributed by atoms with Crippen molar-refractivity contribution in [3.05, 3.63) is 33.3 Å². The minimum Gasteiger partial charge on any atom is -0.211 e. The summed E-state index contributed by atoms with van der Waals surface area (Å²) in [5.41, 5.74) is 0.529. The van der Waals surface area contributed by atoms with E-state index in [1.165, 1.54) is 0 Å². The lowest BCUT2D eigenvalue weighted by Gasteiger charge is -2.37. The first kappa shape index (κ1) is 10.9. The molecule has 1 aliphatic rings. The molecule has 78 valence electrons. The predicted molar refractivity (Wildman–Crippen MR) is 62.8 cm³/mol. The molecule has 0 aromatic heterocycles. The zero-order chi connectivity index (χ0) is 10.9. The molecule has 2 rings (SSSR count). The maximum absolute atomic E-state index is 10.4. The fraction of sp³-hybridized carbons (Fsp3) is 0.364. The molecule has 1 aliphatic carbocycles. The molecular formula is C11H9BrClNO. The topological polar surface area (TPSA) is 29.4 Å². The van der Waals surface area contributed by atoms with Gasteiger partial charge in [-0.15, -0.1) is 0 Å². The van der Waals surface area contributed by atoms with Crippen molar-refractivity contribution in [3.63, 3.8) is 0 Å². The second kappa shape index (κ2) is 4.09. The average molecular weight is 287 g/mol. The molecule has 1 aromatic rings. The van der Waals surface area contributed by atoms with Crippen molar-refractivity contribution in [1.29, 1.82) is 0 Å². The van der Waals surface area contributed by atoms with Crippen molar-refractivity contribution in [3.8, 4) is 0 Å². The van der Waals surface area contributed by atoms with Gasteiger partial charge in [-0.05, 0) is 37.0 Å². The second-order valence-electron chi connectivity index (χ2n) is 3.71. The summed E-state index contributed by atoms with van der Waals surface area (Å²) in [5.74, 6) is 0. The van der Waals surface area contributed by atoms with Crippen LogP contribution in [0, 0.1) is 0 Å². The summed E-state index contributed by atoms with van der Waals surface area (Å²) >= 11 is 9.49. The van der Waals surface area contributed by atoms with Gasteiger partial charge in [0, 0.05) is 9.50 Å². The zero-order valence-electron chi connectivity index (χ0n) is 7.96. The summed E-state index contributed by atoms with van der Waals surface area (Å²) in [6, 6.07) is 5.67. The number of halogens is 2. The zero-order valence-corrected chi connectivity index (χ0v) is 10.3. The molecule has 0 saturated heterocycles. The third-order valence-corrected chi connectivity index (χ3v) is 3.68. The maximum atomic E-state index is 10.4. The van der Waals surface area contributed by atoms with Crippen LogP contribution in [-0.2, 0) is 10.3 Å². The molecule has 4 heteroatoms. The number of benzene rings is 1. The van der Waals surface area contributed by atoms with Crippen LogP contribution in [0.15, 0.2) is 27.7 Å². The van der Waals surface area contributed by atoms with E-state index in [-0.39, 0.29) is 0 Å². The Kier molecular flexibility index (Phi) is 2.96. The molecule has 0 heterocycles. The molecule has 1 aromatic carbocycles. The first-order chi connectivity index (χ1) is 7.18. The van der Waals surface area contributed by atoms with E-state index in [4.69, 9.17) is 11.6 Å². The fourth-order valence-corrected chi connectivity index (χ4v) is 2.76. The van der Waals surface area contributed by atoms with E-state index in [1.54, 1.807) is 6.08 Å². The first-order valence-corrected chi connectivity index (χ1v) is 5.90. The minimum atomic E-state index is -0.403. The highest BCUT2D eigenvalue weighted by molar-refractivity contribution is 9.10. The summed E-state index contributed by atoms with van der Waals surface area (Å²) in [7, 11) is 0. The van der Waals surface area contributed by atoms with Crippen molar-refractivity contribution in [1.82, 2.24) is 0 Å². The number of carbonyl (C=O) groups excluding carboxylic acids is 1. The van der Waals surface area contributed by atoms with Gasteiger partial charge in [0.05, 0.1) is 5.54 Å². The van der Waals surface area contributed by atoms with Gasteiger partial charge >= 0.3 is 0 Å². The lowest BCUT2D eigenvalue weighted by atomic mass is 9.72. The molecule has 0 amide bonds. The van der Waals surface area contributed by atoms with Gasteiger partial charge in [-0.25, -0.2) is 4.79 Å². The number of aliphatic imine (C=N–C) groups is 1. The van der Waals surface area contributed by atoms with Crippen LogP contribution in [0.5, 0.6) is 0 Å². The van der Waals surface area contributed by atoms with E-state index >= 15 is 0 Å². The van der Waals surface area contributed by atoms with Gasteiger partial charge in [0.2, 0.25) is 6.08 Å². The summed E-state index contributed by atoms with van der Waals surface area (Å²) in [6.45, 7) is 0. The van der Waals surface area contributed by atoms with Gasteiger partial charge < -0.3 is 0 Å². The Morgan fingerprint density at radius 3 is 2.67 bits per heavy atom. The molecule has 2 nitrogen and oxygen atoms in total. The largest absolute Gasteiger partial charge is 0.235 e. The Morgan fingerprint density at radius 2 is 2.20 bits per heavy atom. The van der Waals surface area contributed by atoms with Crippen LogP contribution >= 0.6 is 27.5 Å². The number of isocyanates is 1. The molecule has 0 unspecified atom stereocenters. The summed E-state index contributed by atoms with van der Waals surface area (Å²) in [4.78, 5) is 14.3. The van der Waals surface area contributed by atoms with Crippen LogP contribution in [0.3, 0.4) is 0 Å². The van der Waals surface area contributed by atoms with Crippen molar-refractivity contribution in [2.45, 2.75) is 24.8 Å². The number of hydrogen-bond donors (Lipinski definition) is 0. The van der Waals surface area contributed by atoms with Gasteiger partial charge in [-0.3, -0.25) is 0 Å². The molecule has 0 radical (unpaired) electrons. The minimum absolute atomic E-state index is 0.403. The van der Waals surface area contributed by atoms with Gasteiger partial charge in [0.15, 0.2) is 0 Å². The van der Waals surface area contributed by atoms with Crippen LogP contribution in [0.4, 0.5) is 0 Å². The quantitative estimate of drug-likeness (QED) is 0.600. The van der Waals surface area contributed by atoms with E-state index < -0.39 is 5.54 Å². The fourth-order valence-electron chi connectivity index (χ4n) is 1.91. The maximum Gasteiger partial charge on any atom is 0.235 e. The van der Waals surface area contributed by atoms with E-state index in [2.05, 4.69) is 20.9 Å². The lowest BCUT2D eigenvalue weighted by molar-refractivity contribution is 0.256. The molecule has 15 heavy (non-hydrogen) atoms. The SMILES string of the molecule is O=C=NC1(c2ccc(Br)cc2Cl)CCC1. The van der Waals surface area contributed by atoms with Crippen LogP contribution in [0.2, 0.25) is 5.02 Å². The van der Waals surface area contributed by atoms with Crippen molar-refractivity contribution in [2.75, 3.05) is 0 Å². The third-order valence-electron chi connectivity index (χ3n) is 2.87. The summed E-state index contributed by atoms with van der Waals surface area (Å²) < 4.78 is 0.931. The normalized spacial score (nSPS) is 17.7. The monoisotopic (exact) mass is 285 g/mol. The lowest BCUT2D eigenvalue weighted by Crippen LogP contribution is -2.32. The smallest absolute Gasteiger partial charge is 0.211 e. The number of hydrogen-bond acceptors (Lipinski definition) is 2. The van der Waals surface area contributed by atoms with Crippen molar-refractivity contribution in [2.24, 2.45) is 4.99 Å². The van der Waals surface area contributed by atoms with Crippen molar-refractivity contribution < 1.29 is 4.79 Å². The molecule has 0 N–H and O–H groups in total. The highest BCUT2D eigenvalue weighted by Gasteiger charge is 2.40.